The lowest BCUT2D eigenvalue weighted by atomic mass is 9.77. The van der Waals surface area contributed by atoms with E-state index in [0.29, 0.717) is 24.6 Å². The molecule has 0 spiro atoms. The Morgan fingerprint density at radius 3 is 2.48 bits per heavy atom. The maximum atomic E-state index is 12.6. The Labute approximate surface area is 123 Å². The van der Waals surface area contributed by atoms with E-state index in [1.807, 2.05) is 13.8 Å². The summed E-state index contributed by atoms with van der Waals surface area (Å²) in [4.78, 5) is 16.6. The highest BCUT2D eigenvalue weighted by Gasteiger charge is 2.41. The van der Waals surface area contributed by atoms with Gasteiger partial charge in [0.2, 0.25) is 11.8 Å². The molecule has 0 aliphatic rings. The van der Waals surface area contributed by atoms with Crippen LogP contribution < -0.4 is 11.1 Å². The van der Waals surface area contributed by atoms with Crippen LogP contribution in [-0.2, 0) is 11.3 Å². The first-order chi connectivity index (χ1) is 10.00. The minimum Gasteiger partial charge on any atom is -0.409 e. The van der Waals surface area contributed by atoms with E-state index >= 15 is 0 Å². The summed E-state index contributed by atoms with van der Waals surface area (Å²) < 4.78 is 4.85. The number of carbonyl (C=O) groups is 1. The van der Waals surface area contributed by atoms with Crippen LogP contribution in [-0.4, -0.2) is 27.1 Å². The molecule has 0 aliphatic carbocycles. The third-order valence-corrected chi connectivity index (χ3v) is 3.36. The van der Waals surface area contributed by atoms with Crippen LogP contribution in [0.3, 0.4) is 0 Å². The van der Waals surface area contributed by atoms with Crippen molar-refractivity contribution in [1.82, 2.24) is 15.5 Å². The number of hydrogen-bond donors (Lipinski definition) is 3. The van der Waals surface area contributed by atoms with Crippen LogP contribution in [0, 0.1) is 12.3 Å². The first kappa shape index (κ1) is 16.9. The number of nitrogens with two attached hydrogens (primary N) is 1. The first-order valence-corrected chi connectivity index (χ1v) is 7.05. The summed E-state index contributed by atoms with van der Waals surface area (Å²) in [5.74, 6) is 0.475. The van der Waals surface area contributed by atoms with Gasteiger partial charge in [0, 0.05) is 6.92 Å². The van der Waals surface area contributed by atoms with Gasteiger partial charge in [-0.3, -0.25) is 4.79 Å². The minimum atomic E-state index is -1.00. The molecule has 0 bridgehead atoms. The highest BCUT2D eigenvalue weighted by atomic mass is 16.5. The normalized spacial score (nSPS) is 12.4. The molecule has 1 aromatic heterocycles. The third kappa shape index (κ3) is 3.93. The van der Waals surface area contributed by atoms with Crippen molar-refractivity contribution in [2.75, 3.05) is 0 Å². The molecule has 4 N–H and O–H groups in total. The second kappa shape index (κ2) is 7.61. The summed E-state index contributed by atoms with van der Waals surface area (Å²) in [6.45, 7) is 5.72. The maximum absolute atomic E-state index is 12.6. The average molecular weight is 297 g/mol. The zero-order chi connectivity index (χ0) is 15.9. The summed E-state index contributed by atoms with van der Waals surface area (Å²) in [6, 6.07) is 0. The highest BCUT2D eigenvalue weighted by molar-refractivity contribution is 6.06. The molecule has 0 saturated heterocycles. The van der Waals surface area contributed by atoms with E-state index in [9.17, 15) is 4.79 Å². The van der Waals surface area contributed by atoms with Crippen LogP contribution in [0.25, 0.3) is 0 Å². The van der Waals surface area contributed by atoms with E-state index < -0.39 is 5.41 Å². The molecule has 8 nitrogen and oxygen atoms in total. The largest absolute Gasteiger partial charge is 0.409 e. The molecule has 0 saturated carbocycles. The van der Waals surface area contributed by atoms with Gasteiger partial charge in [-0.15, -0.1) is 0 Å². The first-order valence-electron chi connectivity index (χ1n) is 7.05. The molecule has 1 amide bonds. The lowest BCUT2D eigenvalue weighted by Crippen LogP contribution is -2.49. The van der Waals surface area contributed by atoms with Gasteiger partial charge in [0.1, 0.15) is 5.41 Å². The predicted octanol–water partition coefficient (Wildman–Crippen LogP) is 1.33. The van der Waals surface area contributed by atoms with Crippen molar-refractivity contribution in [3.63, 3.8) is 0 Å². The van der Waals surface area contributed by atoms with Crippen LogP contribution >= 0.6 is 0 Å². The Balaban J connectivity index is 2.88. The summed E-state index contributed by atoms with van der Waals surface area (Å²) in [5.41, 5.74) is 4.78. The number of hydrogen-bond acceptors (Lipinski definition) is 6. The molecule has 1 rings (SSSR count). The molecule has 0 aliphatic heterocycles. The molecule has 0 fully saturated rings. The second-order valence-corrected chi connectivity index (χ2v) is 4.98. The van der Waals surface area contributed by atoms with E-state index in [4.69, 9.17) is 15.5 Å². The van der Waals surface area contributed by atoms with Gasteiger partial charge in [-0.2, -0.15) is 4.98 Å². The zero-order valence-corrected chi connectivity index (χ0v) is 12.7. The summed E-state index contributed by atoms with van der Waals surface area (Å²) >= 11 is 0. The van der Waals surface area contributed by atoms with Gasteiger partial charge in [-0.05, 0) is 12.8 Å². The predicted molar refractivity (Wildman–Crippen MR) is 76.5 cm³/mol. The number of rotatable bonds is 8. The molecule has 0 radical (unpaired) electrons. The smallest absolute Gasteiger partial charge is 0.234 e. The number of aromatic nitrogens is 2. The SMILES string of the molecule is CCCC(CCC)(C(=O)NCc1noc(C)n1)C(N)=NO. The van der Waals surface area contributed by atoms with Gasteiger partial charge in [0.25, 0.3) is 0 Å². The fourth-order valence-corrected chi connectivity index (χ4v) is 2.42. The van der Waals surface area contributed by atoms with Crippen LogP contribution in [0.5, 0.6) is 0 Å². The Kier molecular flexibility index (Phi) is 6.13. The van der Waals surface area contributed by atoms with Gasteiger partial charge in [-0.25, -0.2) is 0 Å². The number of nitrogens with zero attached hydrogens (tertiary/aromatic N) is 3. The monoisotopic (exact) mass is 297 g/mol. The summed E-state index contributed by atoms with van der Waals surface area (Å²) in [6.07, 6.45) is 2.50. The molecule has 0 atom stereocenters. The molecule has 21 heavy (non-hydrogen) atoms. The molecule has 1 aromatic rings. The molecular formula is C13H23N5O3. The third-order valence-electron chi connectivity index (χ3n) is 3.36. The maximum Gasteiger partial charge on any atom is 0.234 e. The number of aryl methyl sites for hydroxylation is 1. The Morgan fingerprint density at radius 1 is 1.43 bits per heavy atom. The van der Waals surface area contributed by atoms with Crippen molar-refractivity contribution in [2.24, 2.45) is 16.3 Å². The lowest BCUT2D eigenvalue weighted by molar-refractivity contribution is -0.128. The molecule has 1 heterocycles. The van der Waals surface area contributed by atoms with Crippen LogP contribution in [0.1, 0.15) is 51.2 Å². The van der Waals surface area contributed by atoms with Gasteiger partial charge in [0.15, 0.2) is 11.7 Å². The summed E-state index contributed by atoms with van der Waals surface area (Å²) in [5, 5.41) is 18.5. The summed E-state index contributed by atoms with van der Waals surface area (Å²) in [7, 11) is 0. The van der Waals surface area contributed by atoms with Gasteiger partial charge < -0.3 is 20.8 Å². The number of amidine groups is 1. The van der Waals surface area contributed by atoms with E-state index in [0.717, 1.165) is 12.8 Å². The van der Waals surface area contributed by atoms with Crippen molar-refractivity contribution in [3.05, 3.63) is 11.7 Å². The van der Waals surface area contributed by atoms with Crippen molar-refractivity contribution < 1.29 is 14.5 Å². The molecule has 118 valence electrons. The zero-order valence-electron chi connectivity index (χ0n) is 12.7. The lowest BCUT2D eigenvalue weighted by Gasteiger charge is -2.30. The van der Waals surface area contributed by atoms with E-state index in [2.05, 4.69) is 20.6 Å². The van der Waals surface area contributed by atoms with Crippen LogP contribution in [0.4, 0.5) is 0 Å². The van der Waals surface area contributed by atoms with Crippen LogP contribution in [0.2, 0.25) is 0 Å². The number of nitrogens with one attached hydrogen (secondary N) is 1. The van der Waals surface area contributed by atoms with Gasteiger partial charge in [0.05, 0.1) is 6.54 Å². The molecule has 0 aromatic carbocycles. The number of carbonyl (C=O) groups excluding carboxylic acids is 1. The van der Waals surface area contributed by atoms with Crippen molar-refractivity contribution in [1.29, 1.82) is 0 Å². The molecule has 8 heteroatoms. The Morgan fingerprint density at radius 2 is 2.05 bits per heavy atom. The highest BCUT2D eigenvalue weighted by Crippen LogP contribution is 2.30. The standard InChI is InChI=1S/C13H23N5O3/c1-4-6-13(7-5-2,11(14)17-20)12(19)15-8-10-16-9(3)21-18-10/h20H,4-8H2,1-3H3,(H2,14,17)(H,15,19). The fraction of sp³-hybridized carbons (Fsp3) is 0.692. The quantitative estimate of drug-likeness (QED) is 0.287. The fourth-order valence-electron chi connectivity index (χ4n) is 2.42. The van der Waals surface area contributed by atoms with E-state index in [1.165, 1.54) is 0 Å². The van der Waals surface area contributed by atoms with E-state index in [-0.39, 0.29) is 18.3 Å². The minimum absolute atomic E-state index is 0.0620. The van der Waals surface area contributed by atoms with Crippen molar-refractivity contribution >= 4 is 11.7 Å². The van der Waals surface area contributed by atoms with Gasteiger partial charge >= 0.3 is 0 Å². The Bertz CT molecular complexity index is 492. The second-order valence-electron chi connectivity index (χ2n) is 4.98. The van der Waals surface area contributed by atoms with Crippen LogP contribution in [0.15, 0.2) is 9.68 Å². The molecular weight excluding hydrogens is 274 g/mol. The topological polar surface area (TPSA) is 127 Å². The van der Waals surface area contributed by atoms with Gasteiger partial charge in [-0.1, -0.05) is 37.0 Å². The average Bonchev–Trinajstić information content (AvgIpc) is 2.89. The van der Waals surface area contributed by atoms with Crippen molar-refractivity contribution in [2.45, 2.75) is 53.0 Å². The van der Waals surface area contributed by atoms with Crippen molar-refractivity contribution in [3.8, 4) is 0 Å². The number of amides is 1. The molecule has 0 unspecified atom stereocenters. The Hall–Kier alpha value is -2.12. The van der Waals surface area contributed by atoms with E-state index in [1.54, 1.807) is 6.92 Å². The number of oxime groups is 1.